The fraction of sp³-hybridized carbons (Fsp3) is 0.524. The standard InChI is InChI=1S/C21H26N4O4/c1-13-6-7-17(28-3)16(10-13)25-12-15(11-18(25)26)19(27)23-21(8-4-5-9-21)20-22-14(2)29-24-20/h6-7,10,15H,4-5,8-9,11-12H2,1-3H3,(H,23,27). The average molecular weight is 398 g/mol. The molecule has 2 heterocycles. The molecule has 29 heavy (non-hydrogen) atoms. The Labute approximate surface area is 169 Å². The van der Waals surface area contributed by atoms with Crippen molar-refractivity contribution in [2.75, 3.05) is 18.6 Å². The molecule has 1 unspecified atom stereocenters. The van der Waals surface area contributed by atoms with Crippen LogP contribution in [0, 0.1) is 19.8 Å². The third kappa shape index (κ3) is 3.59. The quantitative estimate of drug-likeness (QED) is 0.832. The number of amides is 2. The maximum atomic E-state index is 13.1. The van der Waals surface area contributed by atoms with Crippen LogP contribution in [0.2, 0.25) is 0 Å². The van der Waals surface area contributed by atoms with Gasteiger partial charge in [-0.25, -0.2) is 0 Å². The maximum Gasteiger partial charge on any atom is 0.227 e. The van der Waals surface area contributed by atoms with Gasteiger partial charge < -0.3 is 19.5 Å². The summed E-state index contributed by atoms with van der Waals surface area (Å²) in [6.07, 6.45) is 3.69. The van der Waals surface area contributed by atoms with Gasteiger partial charge >= 0.3 is 0 Å². The minimum Gasteiger partial charge on any atom is -0.495 e. The summed E-state index contributed by atoms with van der Waals surface area (Å²) in [5.74, 6) is 0.983. The van der Waals surface area contributed by atoms with E-state index in [1.54, 1.807) is 18.9 Å². The van der Waals surface area contributed by atoms with Crippen LogP contribution in [0.4, 0.5) is 5.69 Å². The zero-order chi connectivity index (χ0) is 20.6. The zero-order valence-electron chi connectivity index (χ0n) is 17.0. The van der Waals surface area contributed by atoms with E-state index in [1.165, 1.54) is 0 Å². The van der Waals surface area contributed by atoms with Crippen molar-refractivity contribution in [1.82, 2.24) is 15.5 Å². The number of anilines is 1. The highest BCUT2D eigenvalue weighted by atomic mass is 16.5. The fourth-order valence-electron chi connectivity index (χ4n) is 4.34. The molecule has 0 spiro atoms. The number of ether oxygens (including phenoxy) is 1. The fourth-order valence-corrected chi connectivity index (χ4v) is 4.34. The molecule has 1 aromatic heterocycles. The van der Waals surface area contributed by atoms with E-state index < -0.39 is 11.5 Å². The number of aryl methyl sites for hydroxylation is 2. The molecule has 1 aromatic carbocycles. The molecule has 1 saturated heterocycles. The summed E-state index contributed by atoms with van der Waals surface area (Å²) in [7, 11) is 1.58. The molecule has 0 bridgehead atoms. The van der Waals surface area contributed by atoms with E-state index in [4.69, 9.17) is 9.26 Å². The smallest absolute Gasteiger partial charge is 0.227 e. The van der Waals surface area contributed by atoms with Gasteiger partial charge in [0.2, 0.25) is 17.7 Å². The lowest BCUT2D eigenvalue weighted by Gasteiger charge is -2.28. The average Bonchev–Trinajstić information content (AvgIpc) is 3.42. The number of rotatable bonds is 5. The molecule has 154 valence electrons. The topological polar surface area (TPSA) is 97.6 Å². The second-order valence-electron chi connectivity index (χ2n) is 8.00. The van der Waals surface area contributed by atoms with E-state index in [0.717, 1.165) is 31.2 Å². The summed E-state index contributed by atoms with van der Waals surface area (Å²) in [5.41, 5.74) is 1.13. The van der Waals surface area contributed by atoms with E-state index in [1.807, 2.05) is 25.1 Å². The Hall–Kier alpha value is -2.90. The molecule has 2 aliphatic rings. The van der Waals surface area contributed by atoms with Crippen molar-refractivity contribution in [2.24, 2.45) is 5.92 Å². The first kappa shape index (κ1) is 19.4. The summed E-state index contributed by atoms with van der Waals surface area (Å²) in [4.78, 5) is 31.8. The number of aromatic nitrogens is 2. The number of benzene rings is 1. The number of methoxy groups -OCH3 is 1. The highest BCUT2D eigenvalue weighted by Crippen LogP contribution is 2.39. The predicted octanol–water partition coefficient (Wildman–Crippen LogP) is 2.63. The van der Waals surface area contributed by atoms with Gasteiger partial charge in [-0.05, 0) is 37.5 Å². The second-order valence-corrected chi connectivity index (χ2v) is 8.00. The van der Waals surface area contributed by atoms with Crippen molar-refractivity contribution in [2.45, 2.75) is 51.5 Å². The molecular weight excluding hydrogens is 372 g/mol. The van der Waals surface area contributed by atoms with Gasteiger partial charge in [-0.15, -0.1) is 0 Å². The van der Waals surface area contributed by atoms with Crippen molar-refractivity contribution in [3.8, 4) is 5.75 Å². The summed E-state index contributed by atoms with van der Waals surface area (Å²) < 4.78 is 10.6. The van der Waals surface area contributed by atoms with E-state index in [9.17, 15) is 9.59 Å². The van der Waals surface area contributed by atoms with Gasteiger partial charge in [0.25, 0.3) is 0 Å². The molecule has 2 aromatic rings. The molecule has 1 aliphatic carbocycles. The van der Waals surface area contributed by atoms with Crippen LogP contribution >= 0.6 is 0 Å². The molecule has 0 radical (unpaired) electrons. The Morgan fingerprint density at radius 1 is 1.31 bits per heavy atom. The first-order valence-electron chi connectivity index (χ1n) is 10.00. The molecule has 1 aliphatic heterocycles. The number of nitrogens with one attached hydrogen (secondary N) is 1. The van der Waals surface area contributed by atoms with Gasteiger partial charge in [0.15, 0.2) is 5.82 Å². The first-order chi connectivity index (χ1) is 13.9. The predicted molar refractivity (Wildman–Crippen MR) is 106 cm³/mol. The monoisotopic (exact) mass is 398 g/mol. The molecule has 8 heteroatoms. The largest absolute Gasteiger partial charge is 0.495 e. The zero-order valence-corrected chi connectivity index (χ0v) is 17.0. The Bertz CT molecular complexity index is 933. The van der Waals surface area contributed by atoms with Gasteiger partial charge in [-0.1, -0.05) is 24.1 Å². The Kier molecular flexibility index (Phi) is 5.02. The number of carbonyl (C=O) groups excluding carboxylic acids is 2. The van der Waals surface area contributed by atoms with Gasteiger partial charge in [0.1, 0.15) is 11.3 Å². The van der Waals surface area contributed by atoms with E-state index in [-0.39, 0.29) is 18.2 Å². The van der Waals surface area contributed by atoms with Gasteiger partial charge in [-0.3, -0.25) is 9.59 Å². The molecule has 1 saturated carbocycles. The van der Waals surface area contributed by atoms with Crippen LogP contribution in [0.1, 0.15) is 49.4 Å². The molecule has 4 rings (SSSR count). The Morgan fingerprint density at radius 2 is 2.07 bits per heavy atom. The third-order valence-electron chi connectivity index (χ3n) is 5.90. The summed E-state index contributed by atoms with van der Waals surface area (Å²) in [6.45, 7) is 4.03. The molecule has 1 N–H and O–H groups in total. The Morgan fingerprint density at radius 3 is 2.72 bits per heavy atom. The van der Waals surface area contributed by atoms with E-state index >= 15 is 0 Å². The van der Waals surface area contributed by atoms with Crippen molar-refractivity contribution in [3.63, 3.8) is 0 Å². The van der Waals surface area contributed by atoms with Crippen molar-refractivity contribution in [1.29, 1.82) is 0 Å². The van der Waals surface area contributed by atoms with Gasteiger partial charge in [-0.2, -0.15) is 4.98 Å². The highest BCUT2D eigenvalue weighted by Gasteiger charge is 2.44. The summed E-state index contributed by atoms with van der Waals surface area (Å²) >= 11 is 0. The Balaban J connectivity index is 1.53. The van der Waals surface area contributed by atoms with E-state index in [2.05, 4.69) is 15.5 Å². The minimum atomic E-state index is -0.605. The number of hydrogen-bond donors (Lipinski definition) is 1. The molecular formula is C21H26N4O4. The molecule has 1 atom stereocenters. The lowest BCUT2D eigenvalue weighted by Crippen LogP contribution is -2.47. The molecule has 8 nitrogen and oxygen atoms in total. The third-order valence-corrected chi connectivity index (χ3v) is 5.90. The molecule has 2 amide bonds. The lowest BCUT2D eigenvalue weighted by molar-refractivity contribution is -0.128. The van der Waals surface area contributed by atoms with Crippen LogP contribution in [0.3, 0.4) is 0 Å². The molecule has 2 fully saturated rings. The number of nitrogens with zero attached hydrogens (tertiary/aromatic N) is 3. The van der Waals surface area contributed by atoms with Gasteiger partial charge in [0, 0.05) is 19.9 Å². The van der Waals surface area contributed by atoms with E-state index in [0.29, 0.717) is 29.7 Å². The summed E-state index contributed by atoms with van der Waals surface area (Å²) in [5, 5.41) is 7.23. The first-order valence-corrected chi connectivity index (χ1v) is 10.00. The minimum absolute atomic E-state index is 0.0788. The SMILES string of the molecule is COc1ccc(C)cc1N1CC(C(=O)NC2(c3noc(C)n3)CCCC2)CC1=O. The normalized spacial score (nSPS) is 20.9. The maximum absolute atomic E-state index is 13.1. The van der Waals surface area contributed by atoms with Crippen LogP contribution < -0.4 is 15.0 Å². The number of hydrogen-bond acceptors (Lipinski definition) is 6. The number of carbonyl (C=O) groups is 2. The summed E-state index contributed by atoms with van der Waals surface area (Å²) in [6, 6.07) is 5.69. The lowest BCUT2D eigenvalue weighted by atomic mass is 9.94. The van der Waals surface area contributed by atoms with Crippen LogP contribution in [-0.2, 0) is 15.1 Å². The van der Waals surface area contributed by atoms with Crippen LogP contribution in [0.25, 0.3) is 0 Å². The van der Waals surface area contributed by atoms with Crippen molar-refractivity contribution >= 4 is 17.5 Å². The van der Waals surface area contributed by atoms with Crippen molar-refractivity contribution in [3.05, 3.63) is 35.5 Å². The van der Waals surface area contributed by atoms with Crippen LogP contribution in [0.5, 0.6) is 5.75 Å². The van der Waals surface area contributed by atoms with Crippen LogP contribution in [-0.4, -0.2) is 35.6 Å². The van der Waals surface area contributed by atoms with Crippen molar-refractivity contribution < 1.29 is 18.8 Å². The van der Waals surface area contributed by atoms with Crippen LogP contribution in [0.15, 0.2) is 22.7 Å². The second kappa shape index (κ2) is 7.50. The van der Waals surface area contributed by atoms with Gasteiger partial charge in [0.05, 0.1) is 18.7 Å². The highest BCUT2D eigenvalue weighted by molar-refractivity contribution is 6.01.